The SMILES string of the molecule is CCNC(=NCc1ccccc1C)NCCN(C)CCCOC.I. The van der Waals surface area contributed by atoms with Crippen molar-refractivity contribution in [3.63, 3.8) is 0 Å². The van der Waals surface area contributed by atoms with Crippen molar-refractivity contribution in [2.45, 2.75) is 26.8 Å². The summed E-state index contributed by atoms with van der Waals surface area (Å²) in [7, 11) is 3.88. The lowest BCUT2D eigenvalue weighted by Crippen LogP contribution is -2.41. The Kier molecular flexibility index (Phi) is 14.0. The number of hydrogen-bond acceptors (Lipinski definition) is 3. The summed E-state index contributed by atoms with van der Waals surface area (Å²) in [5.74, 6) is 0.876. The Bertz CT molecular complexity index is 468. The monoisotopic (exact) mass is 448 g/mol. The minimum Gasteiger partial charge on any atom is -0.385 e. The van der Waals surface area contributed by atoms with Gasteiger partial charge in [0.15, 0.2) is 5.96 Å². The summed E-state index contributed by atoms with van der Waals surface area (Å²) in [6.45, 7) is 9.50. The van der Waals surface area contributed by atoms with Gasteiger partial charge in [-0.15, -0.1) is 24.0 Å². The molecule has 0 radical (unpaired) electrons. The molecule has 1 rings (SSSR count). The zero-order valence-corrected chi connectivity index (χ0v) is 17.8. The van der Waals surface area contributed by atoms with Gasteiger partial charge in [0.2, 0.25) is 0 Å². The predicted molar refractivity (Wildman–Crippen MR) is 113 cm³/mol. The number of rotatable bonds is 10. The molecule has 0 saturated carbocycles. The predicted octanol–water partition coefficient (Wildman–Crippen LogP) is 2.64. The lowest BCUT2D eigenvalue weighted by atomic mass is 10.1. The molecule has 0 amide bonds. The standard InChI is InChI=1S/C18H32N4O.HI/c1-5-19-18(20-11-13-22(3)12-8-14-23-4)21-15-17-10-7-6-9-16(17)2;/h6-7,9-10H,5,8,11-15H2,1-4H3,(H2,19,20,21);1H. The lowest BCUT2D eigenvalue weighted by Gasteiger charge is -2.18. The molecule has 0 heterocycles. The first-order valence-corrected chi connectivity index (χ1v) is 8.41. The minimum absolute atomic E-state index is 0. The van der Waals surface area contributed by atoms with Crippen LogP contribution in [0, 0.1) is 6.92 Å². The second kappa shape index (κ2) is 14.5. The zero-order chi connectivity index (χ0) is 16.9. The molecule has 0 unspecified atom stereocenters. The van der Waals surface area contributed by atoms with Crippen LogP contribution in [-0.4, -0.2) is 57.8 Å². The first-order chi connectivity index (χ1) is 11.2. The van der Waals surface area contributed by atoms with E-state index in [4.69, 9.17) is 4.74 Å². The highest BCUT2D eigenvalue weighted by Crippen LogP contribution is 2.07. The third-order valence-corrected chi connectivity index (χ3v) is 3.69. The van der Waals surface area contributed by atoms with Gasteiger partial charge in [-0.25, -0.2) is 4.99 Å². The van der Waals surface area contributed by atoms with Crippen molar-refractivity contribution in [3.05, 3.63) is 35.4 Å². The maximum atomic E-state index is 5.08. The van der Waals surface area contributed by atoms with Crippen molar-refractivity contribution < 1.29 is 4.74 Å². The molecule has 0 spiro atoms. The van der Waals surface area contributed by atoms with Crippen LogP contribution >= 0.6 is 24.0 Å². The van der Waals surface area contributed by atoms with Gasteiger partial charge in [0, 0.05) is 39.9 Å². The molecule has 2 N–H and O–H groups in total. The van der Waals surface area contributed by atoms with Gasteiger partial charge in [0.05, 0.1) is 6.54 Å². The quantitative estimate of drug-likeness (QED) is 0.250. The van der Waals surface area contributed by atoms with Gasteiger partial charge in [-0.1, -0.05) is 24.3 Å². The summed E-state index contributed by atoms with van der Waals surface area (Å²) in [4.78, 5) is 6.98. The summed E-state index contributed by atoms with van der Waals surface area (Å²) >= 11 is 0. The second-order valence-corrected chi connectivity index (χ2v) is 5.70. The minimum atomic E-state index is 0. The van der Waals surface area contributed by atoms with Crippen LogP contribution < -0.4 is 10.6 Å². The van der Waals surface area contributed by atoms with Crippen molar-refractivity contribution in [2.24, 2.45) is 4.99 Å². The van der Waals surface area contributed by atoms with Crippen LogP contribution in [0.3, 0.4) is 0 Å². The number of methoxy groups -OCH3 is 1. The number of aliphatic imine (C=N–C) groups is 1. The van der Waals surface area contributed by atoms with E-state index in [9.17, 15) is 0 Å². The van der Waals surface area contributed by atoms with Crippen molar-refractivity contribution >= 4 is 29.9 Å². The first-order valence-electron chi connectivity index (χ1n) is 8.41. The third kappa shape index (κ3) is 10.1. The number of guanidine groups is 1. The van der Waals surface area contributed by atoms with Crippen LogP contribution in [0.25, 0.3) is 0 Å². The van der Waals surface area contributed by atoms with Crippen molar-refractivity contribution in [3.8, 4) is 0 Å². The molecule has 24 heavy (non-hydrogen) atoms. The van der Waals surface area contributed by atoms with Gasteiger partial charge >= 0.3 is 0 Å². The number of aryl methyl sites for hydroxylation is 1. The van der Waals surface area contributed by atoms with Crippen LogP contribution in [0.5, 0.6) is 0 Å². The van der Waals surface area contributed by atoms with Crippen LogP contribution in [-0.2, 0) is 11.3 Å². The van der Waals surface area contributed by atoms with Gasteiger partial charge in [-0.2, -0.15) is 0 Å². The Labute approximate surface area is 164 Å². The molecule has 5 nitrogen and oxygen atoms in total. The Morgan fingerprint density at radius 3 is 2.62 bits per heavy atom. The van der Waals surface area contributed by atoms with E-state index in [1.165, 1.54) is 11.1 Å². The van der Waals surface area contributed by atoms with E-state index in [1.807, 2.05) is 0 Å². The van der Waals surface area contributed by atoms with E-state index in [1.54, 1.807) is 7.11 Å². The fourth-order valence-corrected chi connectivity index (χ4v) is 2.25. The fraction of sp³-hybridized carbons (Fsp3) is 0.611. The molecule has 0 aliphatic rings. The van der Waals surface area contributed by atoms with Crippen LogP contribution in [0.1, 0.15) is 24.5 Å². The van der Waals surface area contributed by atoms with Gasteiger partial charge in [-0.3, -0.25) is 0 Å². The summed E-state index contributed by atoms with van der Waals surface area (Å²) < 4.78 is 5.08. The van der Waals surface area contributed by atoms with E-state index >= 15 is 0 Å². The number of nitrogens with zero attached hydrogens (tertiary/aromatic N) is 2. The third-order valence-electron chi connectivity index (χ3n) is 3.69. The smallest absolute Gasteiger partial charge is 0.191 e. The Balaban J connectivity index is 0.00000529. The Morgan fingerprint density at radius 1 is 1.21 bits per heavy atom. The topological polar surface area (TPSA) is 48.9 Å². The lowest BCUT2D eigenvalue weighted by molar-refractivity contribution is 0.180. The van der Waals surface area contributed by atoms with E-state index in [0.717, 1.165) is 45.2 Å². The normalized spacial score (nSPS) is 11.3. The van der Waals surface area contributed by atoms with Gasteiger partial charge in [0.1, 0.15) is 0 Å². The number of likely N-dealkylation sites (N-methyl/N-ethyl adjacent to an activating group) is 1. The Hall–Kier alpha value is -0.860. The van der Waals surface area contributed by atoms with E-state index in [-0.39, 0.29) is 24.0 Å². The van der Waals surface area contributed by atoms with Gasteiger partial charge in [-0.05, 0) is 38.4 Å². The number of hydrogen-bond donors (Lipinski definition) is 2. The van der Waals surface area contributed by atoms with Crippen molar-refractivity contribution in [1.29, 1.82) is 0 Å². The van der Waals surface area contributed by atoms with E-state index in [2.05, 4.69) is 65.7 Å². The molecule has 0 atom stereocenters. The second-order valence-electron chi connectivity index (χ2n) is 5.70. The summed E-state index contributed by atoms with van der Waals surface area (Å²) in [6.07, 6.45) is 1.06. The molecular weight excluding hydrogens is 415 g/mol. The van der Waals surface area contributed by atoms with E-state index in [0.29, 0.717) is 6.54 Å². The molecule has 0 bridgehead atoms. The first kappa shape index (κ1) is 23.1. The average molecular weight is 448 g/mol. The molecule has 0 aliphatic carbocycles. The fourth-order valence-electron chi connectivity index (χ4n) is 2.25. The Morgan fingerprint density at radius 2 is 1.96 bits per heavy atom. The maximum absolute atomic E-state index is 5.08. The van der Waals surface area contributed by atoms with Gasteiger partial charge < -0.3 is 20.3 Å². The highest BCUT2D eigenvalue weighted by atomic mass is 127. The maximum Gasteiger partial charge on any atom is 0.191 e. The average Bonchev–Trinajstić information content (AvgIpc) is 2.54. The summed E-state index contributed by atoms with van der Waals surface area (Å²) in [5.41, 5.74) is 2.55. The molecule has 6 heteroatoms. The van der Waals surface area contributed by atoms with E-state index < -0.39 is 0 Å². The molecular formula is C18H33IN4O. The van der Waals surface area contributed by atoms with Gasteiger partial charge in [0.25, 0.3) is 0 Å². The highest BCUT2D eigenvalue weighted by Gasteiger charge is 2.01. The van der Waals surface area contributed by atoms with Crippen LogP contribution in [0.4, 0.5) is 0 Å². The molecule has 1 aromatic carbocycles. The molecule has 0 saturated heterocycles. The number of benzene rings is 1. The molecule has 138 valence electrons. The highest BCUT2D eigenvalue weighted by molar-refractivity contribution is 14.0. The molecule has 0 aliphatic heterocycles. The van der Waals surface area contributed by atoms with Crippen LogP contribution in [0.15, 0.2) is 29.3 Å². The summed E-state index contributed by atoms with van der Waals surface area (Å²) in [6, 6.07) is 8.38. The largest absolute Gasteiger partial charge is 0.385 e. The van der Waals surface area contributed by atoms with Crippen molar-refractivity contribution in [1.82, 2.24) is 15.5 Å². The number of nitrogens with one attached hydrogen (secondary N) is 2. The molecule has 0 aromatic heterocycles. The number of halogens is 1. The summed E-state index contributed by atoms with van der Waals surface area (Å²) in [5, 5.41) is 6.70. The zero-order valence-electron chi connectivity index (χ0n) is 15.5. The molecule has 1 aromatic rings. The number of ether oxygens (including phenoxy) is 1. The van der Waals surface area contributed by atoms with Crippen molar-refractivity contribution in [2.75, 3.05) is 46.9 Å². The molecule has 0 fully saturated rings. The van der Waals surface area contributed by atoms with Crippen LogP contribution in [0.2, 0.25) is 0 Å².